The SMILES string of the molecule is CC1(C)CC(NC(=O)Nc2ccc(Cl)c(Cl)c2)c2cc(C(=O)N3CCC4(CC3)CCN(c3ccncc3)CC4)ccc21. The van der Waals surface area contributed by atoms with Crippen LogP contribution in [0.15, 0.2) is 60.9 Å². The van der Waals surface area contributed by atoms with Gasteiger partial charge < -0.3 is 20.4 Å². The minimum atomic E-state index is -0.324. The third-order valence-corrected chi connectivity index (χ3v) is 10.3. The number of urea groups is 1. The lowest BCUT2D eigenvalue weighted by molar-refractivity contribution is 0.0515. The van der Waals surface area contributed by atoms with E-state index in [4.69, 9.17) is 23.2 Å². The Labute approximate surface area is 257 Å². The van der Waals surface area contributed by atoms with Crippen molar-refractivity contribution in [2.45, 2.75) is 57.4 Å². The van der Waals surface area contributed by atoms with E-state index >= 15 is 0 Å². The Morgan fingerprint density at radius 3 is 2.26 bits per heavy atom. The van der Waals surface area contributed by atoms with Crippen molar-refractivity contribution in [3.05, 3.63) is 87.7 Å². The number of rotatable bonds is 4. The predicted molar refractivity (Wildman–Crippen MR) is 169 cm³/mol. The second-order valence-electron chi connectivity index (χ2n) is 12.7. The maximum absolute atomic E-state index is 13.7. The number of benzene rings is 2. The van der Waals surface area contributed by atoms with Crippen LogP contribution in [0.3, 0.4) is 0 Å². The van der Waals surface area contributed by atoms with E-state index in [1.165, 1.54) is 5.69 Å². The molecule has 2 N–H and O–H groups in total. The minimum Gasteiger partial charge on any atom is -0.371 e. The third-order valence-electron chi connectivity index (χ3n) is 9.56. The highest BCUT2D eigenvalue weighted by Crippen LogP contribution is 2.46. The smallest absolute Gasteiger partial charge is 0.319 e. The molecule has 42 heavy (non-hydrogen) atoms. The van der Waals surface area contributed by atoms with Gasteiger partial charge in [-0.3, -0.25) is 9.78 Å². The lowest BCUT2D eigenvalue weighted by Crippen LogP contribution is -2.48. The van der Waals surface area contributed by atoms with Crippen LogP contribution in [0.1, 0.15) is 73.5 Å². The summed E-state index contributed by atoms with van der Waals surface area (Å²) in [5.74, 6) is 0.0746. The van der Waals surface area contributed by atoms with Crippen molar-refractivity contribution in [1.82, 2.24) is 15.2 Å². The summed E-state index contributed by atoms with van der Waals surface area (Å²) in [6, 6.07) is 14.6. The molecule has 0 bridgehead atoms. The van der Waals surface area contributed by atoms with Crippen molar-refractivity contribution in [1.29, 1.82) is 0 Å². The van der Waals surface area contributed by atoms with Crippen molar-refractivity contribution in [3.63, 3.8) is 0 Å². The second-order valence-corrected chi connectivity index (χ2v) is 13.5. The van der Waals surface area contributed by atoms with E-state index in [9.17, 15) is 9.59 Å². The van der Waals surface area contributed by atoms with Crippen LogP contribution in [-0.2, 0) is 5.41 Å². The average molecular weight is 607 g/mol. The number of nitrogens with one attached hydrogen (secondary N) is 2. The zero-order valence-corrected chi connectivity index (χ0v) is 25.6. The molecule has 3 heterocycles. The van der Waals surface area contributed by atoms with E-state index < -0.39 is 0 Å². The van der Waals surface area contributed by atoms with E-state index in [0.29, 0.717) is 26.7 Å². The third kappa shape index (κ3) is 5.82. The largest absolute Gasteiger partial charge is 0.371 e. The Kier molecular flexibility index (Phi) is 7.83. The number of carbonyl (C=O) groups is 2. The molecule has 1 atom stereocenters. The van der Waals surface area contributed by atoms with Crippen LogP contribution < -0.4 is 15.5 Å². The molecule has 1 unspecified atom stereocenters. The molecule has 3 amide bonds. The van der Waals surface area contributed by atoms with Gasteiger partial charge in [0.1, 0.15) is 0 Å². The van der Waals surface area contributed by atoms with Gasteiger partial charge in [0.15, 0.2) is 0 Å². The fourth-order valence-electron chi connectivity index (χ4n) is 7.02. The molecule has 2 saturated heterocycles. The van der Waals surface area contributed by atoms with Gasteiger partial charge in [-0.2, -0.15) is 0 Å². The van der Waals surface area contributed by atoms with Crippen LogP contribution >= 0.6 is 23.2 Å². The molecular weight excluding hydrogens is 569 g/mol. The van der Waals surface area contributed by atoms with Gasteiger partial charge in [0, 0.05) is 55.5 Å². The van der Waals surface area contributed by atoms with Gasteiger partial charge in [-0.05, 0) is 96.5 Å². The van der Waals surface area contributed by atoms with E-state index in [2.05, 4.69) is 52.6 Å². The molecule has 2 fully saturated rings. The van der Waals surface area contributed by atoms with Crippen LogP contribution in [0.2, 0.25) is 10.0 Å². The molecule has 3 aliphatic rings. The van der Waals surface area contributed by atoms with E-state index in [1.54, 1.807) is 18.2 Å². The fourth-order valence-corrected chi connectivity index (χ4v) is 7.32. The summed E-state index contributed by atoms with van der Waals surface area (Å²) >= 11 is 12.1. The van der Waals surface area contributed by atoms with Crippen LogP contribution in [0.4, 0.5) is 16.2 Å². The maximum atomic E-state index is 13.7. The first-order valence-electron chi connectivity index (χ1n) is 14.7. The summed E-state index contributed by atoms with van der Waals surface area (Å²) in [7, 11) is 0. The fraction of sp³-hybridized carbons (Fsp3) is 0.424. The van der Waals surface area contributed by atoms with Crippen molar-refractivity contribution >= 4 is 46.5 Å². The summed E-state index contributed by atoms with van der Waals surface area (Å²) < 4.78 is 0. The highest BCUT2D eigenvalue weighted by Gasteiger charge is 2.40. The number of amides is 3. The molecule has 220 valence electrons. The molecule has 1 aliphatic carbocycles. The Morgan fingerprint density at radius 1 is 0.881 bits per heavy atom. The van der Waals surface area contributed by atoms with Gasteiger partial charge >= 0.3 is 6.03 Å². The molecule has 7 nitrogen and oxygen atoms in total. The van der Waals surface area contributed by atoms with Gasteiger partial charge in [0.05, 0.1) is 16.1 Å². The number of hydrogen-bond acceptors (Lipinski definition) is 4. The molecule has 9 heteroatoms. The van der Waals surface area contributed by atoms with E-state index in [1.807, 2.05) is 29.4 Å². The minimum absolute atomic E-state index is 0.0746. The number of pyridine rings is 1. The van der Waals surface area contributed by atoms with Gasteiger partial charge in [0.2, 0.25) is 0 Å². The molecule has 1 aromatic heterocycles. The Bertz CT molecular complexity index is 1480. The highest BCUT2D eigenvalue weighted by atomic mass is 35.5. The molecule has 2 aromatic carbocycles. The maximum Gasteiger partial charge on any atom is 0.319 e. The quantitative estimate of drug-likeness (QED) is 0.323. The van der Waals surface area contributed by atoms with Crippen LogP contribution in [0, 0.1) is 5.41 Å². The second kappa shape index (κ2) is 11.4. The van der Waals surface area contributed by atoms with E-state index in [-0.39, 0.29) is 23.4 Å². The predicted octanol–water partition coefficient (Wildman–Crippen LogP) is 7.46. The number of nitrogens with zero attached hydrogens (tertiary/aromatic N) is 3. The highest BCUT2D eigenvalue weighted by molar-refractivity contribution is 6.42. The average Bonchev–Trinajstić information content (AvgIpc) is 3.24. The monoisotopic (exact) mass is 605 g/mol. The van der Waals surface area contributed by atoms with Crippen molar-refractivity contribution in [3.8, 4) is 0 Å². The number of anilines is 2. The van der Waals surface area contributed by atoms with Gasteiger partial charge in [0.25, 0.3) is 5.91 Å². The van der Waals surface area contributed by atoms with Gasteiger partial charge in [-0.1, -0.05) is 43.1 Å². The summed E-state index contributed by atoms with van der Waals surface area (Å²) in [5.41, 5.74) is 4.86. The van der Waals surface area contributed by atoms with Crippen molar-refractivity contribution < 1.29 is 9.59 Å². The lowest BCUT2D eigenvalue weighted by Gasteiger charge is -2.47. The zero-order valence-electron chi connectivity index (χ0n) is 24.1. The van der Waals surface area contributed by atoms with Gasteiger partial charge in [-0.25, -0.2) is 4.79 Å². The summed E-state index contributed by atoms with van der Waals surface area (Å²) in [6.45, 7) is 8.01. The first-order chi connectivity index (χ1) is 20.1. The normalized spacial score (nSPS) is 20.7. The lowest BCUT2D eigenvalue weighted by atomic mass is 9.71. The number of piperidine rings is 2. The first-order valence-corrected chi connectivity index (χ1v) is 15.5. The number of hydrogen-bond donors (Lipinski definition) is 2. The Balaban J connectivity index is 1.09. The summed E-state index contributed by atoms with van der Waals surface area (Å²) in [6.07, 6.45) is 8.85. The zero-order chi connectivity index (χ0) is 29.5. The first kappa shape index (κ1) is 28.8. The molecule has 0 saturated carbocycles. The van der Waals surface area contributed by atoms with Crippen LogP contribution in [0.25, 0.3) is 0 Å². The summed E-state index contributed by atoms with van der Waals surface area (Å²) in [5, 5.41) is 6.78. The Hall–Kier alpha value is -3.29. The number of aromatic nitrogens is 1. The number of likely N-dealkylation sites (tertiary alicyclic amines) is 1. The standard InChI is InChI=1S/C33H37Cl2N5O2/c1-32(2)21-29(38-31(42)37-23-4-6-27(34)28(35)20-23)25-19-22(3-5-26(25)32)30(41)40-17-11-33(12-18-40)9-15-39(16-10-33)24-7-13-36-14-8-24/h3-8,13-14,19-20,29H,9-12,15-18,21H2,1-2H3,(H2,37,38,42). The van der Waals surface area contributed by atoms with Crippen molar-refractivity contribution in [2.24, 2.45) is 5.41 Å². The van der Waals surface area contributed by atoms with Crippen LogP contribution in [0.5, 0.6) is 0 Å². The van der Waals surface area contributed by atoms with Gasteiger partial charge in [-0.15, -0.1) is 0 Å². The van der Waals surface area contributed by atoms with E-state index in [0.717, 1.165) is 69.4 Å². The van der Waals surface area contributed by atoms with Crippen molar-refractivity contribution in [2.75, 3.05) is 36.4 Å². The Morgan fingerprint density at radius 2 is 1.57 bits per heavy atom. The summed E-state index contributed by atoms with van der Waals surface area (Å²) in [4.78, 5) is 35.2. The number of fused-ring (bicyclic) bond motifs is 1. The molecular formula is C33H37Cl2N5O2. The topological polar surface area (TPSA) is 77.6 Å². The molecule has 1 spiro atoms. The number of halogens is 2. The molecule has 3 aromatic rings. The molecule has 0 radical (unpaired) electrons. The molecule has 6 rings (SSSR count). The molecule has 2 aliphatic heterocycles. The van der Waals surface area contributed by atoms with Crippen LogP contribution in [-0.4, -0.2) is 48.0 Å². The number of carbonyl (C=O) groups excluding carboxylic acids is 2.